The summed E-state index contributed by atoms with van der Waals surface area (Å²) in [7, 11) is 1.90. The van der Waals surface area contributed by atoms with E-state index in [1.807, 2.05) is 0 Å². The van der Waals surface area contributed by atoms with Crippen LogP contribution in [0.3, 0.4) is 0 Å². The zero-order chi connectivity index (χ0) is 31.9. The molecule has 1 fully saturated rings. The van der Waals surface area contributed by atoms with Crippen LogP contribution in [0.2, 0.25) is 5.02 Å². The van der Waals surface area contributed by atoms with E-state index in [0.29, 0.717) is 47.0 Å². The van der Waals surface area contributed by atoms with Crippen LogP contribution < -0.4 is 23.7 Å². The number of benzene rings is 3. The summed E-state index contributed by atoms with van der Waals surface area (Å²) in [4.78, 5) is -0.0701. The van der Waals surface area contributed by atoms with Crippen LogP contribution in [0.1, 0.15) is 36.8 Å². The van der Waals surface area contributed by atoms with Crippen LogP contribution in [-0.4, -0.2) is 53.4 Å². The predicted molar refractivity (Wildman–Crippen MR) is 164 cm³/mol. The van der Waals surface area contributed by atoms with Gasteiger partial charge in [0, 0.05) is 42.3 Å². The lowest BCUT2D eigenvalue weighted by molar-refractivity contribution is 0.0395. The zero-order valence-electron chi connectivity index (χ0n) is 25.1. The Hall–Kier alpha value is -3.72. The Morgan fingerprint density at radius 2 is 1.41 bits per heavy atom. The molecule has 1 saturated carbocycles. The lowest BCUT2D eigenvalue weighted by Gasteiger charge is -2.31. The number of hydrogen-bond acceptors (Lipinski definition) is 8. The topological polar surface area (TPSA) is 107 Å². The van der Waals surface area contributed by atoms with Gasteiger partial charge in [0.15, 0.2) is 0 Å². The summed E-state index contributed by atoms with van der Waals surface area (Å²) in [5, 5.41) is 9.13. The molecule has 0 aliphatic heterocycles. The number of halogens is 2. The molecule has 1 aliphatic rings. The van der Waals surface area contributed by atoms with Crippen molar-refractivity contribution < 1.29 is 36.5 Å². The predicted octanol–water partition coefficient (Wildman–Crippen LogP) is 6.57. The van der Waals surface area contributed by atoms with Crippen LogP contribution in [0.4, 0.5) is 4.39 Å². The second-order valence-electron chi connectivity index (χ2n) is 10.6. The first-order valence-electron chi connectivity index (χ1n) is 14.0. The van der Waals surface area contributed by atoms with Crippen LogP contribution in [-0.2, 0) is 23.1 Å². The normalized spacial score (nSPS) is 18.4. The van der Waals surface area contributed by atoms with E-state index in [1.54, 1.807) is 36.4 Å². The van der Waals surface area contributed by atoms with Gasteiger partial charge in [0.1, 0.15) is 41.0 Å². The fourth-order valence-electron chi connectivity index (χ4n) is 5.09. The third kappa shape index (κ3) is 7.67. The molecular formula is C32H36ClFN2O7S. The van der Waals surface area contributed by atoms with Gasteiger partial charge in [-0.1, -0.05) is 23.7 Å². The Morgan fingerprint density at radius 3 is 1.86 bits per heavy atom. The first-order valence-corrected chi connectivity index (χ1v) is 15.8. The summed E-state index contributed by atoms with van der Waals surface area (Å²) in [6.45, 7) is -0.332. The molecule has 0 saturated heterocycles. The summed E-state index contributed by atoms with van der Waals surface area (Å²) < 4.78 is 72.3. The van der Waals surface area contributed by atoms with Crippen molar-refractivity contribution in [2.24, 2.45) is 5.92 Å². The molecule has 44 heavy (non-hydrogen) atoms. The molecule has 0 spiro atoms. The molecule has 3 aromatic carbocycles. The van der Waals surface area contributed by atoms with E-state index in [2.05, 4.69) is 6.07 Å². The molecule has 3 aromatic rings. The number of nitriles is 1. The van der Waals surface area contributed by atoms with Gasteiger partial charge in [-0.2, -0.15) is 9.57 Å². The van der Waals surface area contributed by atoms with Gasteiger partial charge in [0.05, 0.1) is 44.4 Å². The van der Waals surface area contributed by atoms with E-state index < -0.39 is 15.7 Å². The molecule has 1 aliphatic carbocycles. The molecular weight excluding hydrogens is 611 g/mol. The maximum absolute atomic E-state index is 15.3. The number of alkyl halides is 1. The fourth-order valence-corrected chi connectivity index (χ4v) is 6.82. The highest BCUT2D eigenvalue weighted by atomic mass is 35.5. The van der Waals surface area contributed by atoms with Crippen molar-refractivity contribution in [1.82, 2.24) is 4.31 Å². The Labute approximate surface area is 263 Å². The largest absolute Gasteiger partial charge is 0.497 e. The van der Waals surface area contributed by atoms with Crippen LogP contribution in [0, 0.1) is 17.2 Å². The highest BCUT2D eigenvalue weighted by molar-refractivity contribution is 7.89. The minimum atomic E-state index is -4.16. The van der Waals surface area contributed by atoms with E-state index in [-0.39, 0.29) is 54.1 Å². The van der Waals surface area contributed by atoms with E-state index in [4.69, 9.17) is 40.5 Å². The molecule has 0 aromatic heterocycles. The Kier molecular flexibility index (Phi) is 10.8. The number of nitrogens with zero attached hydrogens (tertiary/aromatic N) is 2. The Balaban J connectivity index is 1.64. The maximum Gasteiger partial charge on any atom is 0.243 e. The third-order valence-electron chi connectivity index (χ3n) is 7.77. The van der Waals surface area contributed by atoms with Gasteiger partial charge in [0.2, 0.25) is 10.0 Å². The van der Waals surface area contributed by atoms with E-state index >= 15 is 4.39 Å². The van der Waals surface area contributed by atoms with Gasteiger partial charge in [-0.05, 0) is 56.0 Å². The van der Waals surface area contributed by atoms with Gasteiger partial charge in [-0.15, -0.1) is 0 Å². The van der Waals surface area contributed by atoms with E-state index in [1.165, 1.54) is 50.9 Å². The Bertz CT molecular complexity index is 1550. The SMILES string of the molecule is COc1ccc(CN(Cc2ccc(OC)cc2OC)S(=O)(=O)c2ccc(OC[C@]3(F)CC[C@@H](C#N)CC3)c(Cl)c2)c(OC)c1. The third-order valence-corrected chi connectivity index (χ3v) is 9.86. The fraction of sp³-hybridized carbons (Fsp3) is 0.406. The monoisotopic (exact) mass is 646 g/mol. The van der Waals surface area contributed by atoms with Crippen LogP contribution in [0.5, 0.6) is 28.7 Å². The quantitative estimate of drug-likeness (QED) is 0.205. The van der Waals surface area contributed by atoms with Crippen molar-refractivity contribution in [3.05, 3.63) is 70.7 Å². The van der Waals surface area contributed by atoms with Crippen LogP contribution in [0.15, 0.2) is 59.5 Å². The second kappa shape index (κ2) is 14.4. The van der Waals surface area contributed by atoms with Crippen molar-refractivity contribution in [3.8, 4) is 34.8 Å². The number of hydrogen-bond donors (Lipinski definition) is 0. The highest BCUT2D eigenvalue weighted by Crippen LogP contribution is 2.38. The average molecular weight is 647 g/mol. The van der Waals surface area contributed by atoms with Crippen molar-refractivity contribution >= 4 is 21.6 Å². The number of methoxy groups -OCH3 is 4. The highest BCUT2D eigenvalue weighted by Gasteiger charge is 2.36. The summed E-state index contributed by atoms with van der Waals surface area (Å²) in [5.74, 6) is 2.06. The maximum atomic E-state index is 15.3. The first kappa shape index (κ1) is 33.2. The molecule has 0 unspecified atom stereocenters. The van der Waals surface area contributed by atoms with Crippen molar-refractivity contribution in [2.75, 3.05) is 35.0 Å². The average Bonchev–Trinajstić information content (AvgIpc) is 3.04. The molecule has 0 amide bonds. The van der Waals surface area contributed by atoms with Crippen molar-refractivity contribution in [3.63, 3.8) is 0 Å². The van der Waals surface area contributed by atoms with Crippen LogP contribution in [0.25, 0.3) is 0 Å². The number of ether oxygens (including phenoxy) is 5. The summed E-state index contributed by atoms with van der Waals surface area (Å²) in [6.07, 6.45) is 1.37. The van der Waals surface area contributed by atoms with Gasteiger partial charge in [-0.3, -0.25) is 0 Å². The lowest BCUT2D eigenvalue weighted by atomic mass is 9.81. The van der Waals surface area contributed by atoms with E-state index in [9.17, 15) is 8.42 Å². The van der Waals surface area contributed by atoms with E-state index in [0.717, 1.165) is 0 Å². The van der Waals surface area contributed by atoms with Crippen molar-refractivity contribution in [1.29, 1.82) is 5.26 Å². The van der Waals surface area contributed by atoms with Gasteiger partial charge in [-0.25, -0.2) is 12.8 Å². The smallest absolute Gasteiger partial charge is 0.243 e. The summed E-state index contributed by atoms with van der Waals surface area (Å²) in [6, 6.07) is 16.6. The van der Waals surface area contributed by atoms with Gasteiger partial charge in [0.25, 0.3) is 0 Å². The van der Waals surface area contributed by atoms with Crippen molar-refractivity contribution in [2.45, 2.75) is 49.3 Å². The summed E-state index contributed by atoms with van der Waals surface area (Å²) in [5.41, 5.74) is -0.364. The number of sulfonamides is 1. The molecule has 0 N–H and O–H groups in total. The molecule has 0 atom stereocenters. The molecule has 236 valence electrons. The molecule has 0 radical (unpaired) electrons. The molecule has 4 rings (SSSR count). The molecule has 0 bridgehead atoms. The van der Waals surface area contributed by atoms with Crippen LogP contribution >= 0.6 is 11.6 Å². The molecule has 12 heteroatoms. The van der Waals surface area contributed by atoms with Gasteiger partial charge < -0.3 is 23.7 Å². The molecule has 9 nitrogen and oxygen atoms in total. The zero-order valence-corrected chi connectivity index (χ0v) is 26.7. The standard InChI is InChI=1S/C32H36ClFN2O7S/c1-39-25-7-5-23(30(15-25)41-3)19-36(20-24-6-8-26(40-2)16-31(24)42-4)44(37,38)27-9-10-29(28(33)17-27)43-21-32(34)13-11-22(18-35)12-14-32/h5-10,15-17,22H,11-14,19-21H2,1-4H3/t22-,32+. The minimum absolute atomic E-state index is 0.0318. The van der Waals surface area contributed by atoms with Gasteiger partial charge >= 0.3 is 0 Å². The first-order chi connectivity index (χ1) is 21.0. The second-order valence-corrected chi connectivity index (χ2v) is 12.9. The number of rotatable bonds is 13. The Morgan fingerprint density at radius 1 is 0.864 bits per heavy atom. The lowest BCUT2D eigenvalue weighted by Crippen LogP contribution is -2.35. The minimum Gasteiger partial charge on any atom is -0.497 e. The summed E-state index contributed by atoms with van der Waals surface area (Å²) >= 11 is 6.49. The molecule has 0 heterocycles.